The topological polar surface area (TPSA) is 135 Å². The summed E-state index contributed by atoms with van der Waals surface area (Å²) in [6.45, 7) is 4.79. The van der Waals surface area contributed by atoms with E-state index in [9.17, 15) is 8.42 Å². The van der Waals surface area contributed by atoms with E-state index in [0.29, 0.717) is 13.1 Å². The summed E-state index contributed by atoms with van der Waals surface area (Å²) in [5, 5.41) is 19.8. The summed E-state index contributed by atoms with van der Waals surface area (Å²) in [5.74, 6) is -0.515. The van der Waals surface area contributed by atoms with Gasteiger partial charge in [0.05, 0.1) is 15.7 Å². The Kier molecular flexibility index (Phi) is 9.69. The van der Waals surface area contributed by atoms with Crippen molar-refractivity contribution in [2.45, 2.75) is 44.4 Å². The zero-order chi connectivity index (χ0) is 21.3. The van der Waals surface area contributed by atoms with Crippen LogP contribution >= 0.6 is 23.2 Å². The van der Waals surface area contributed by atoms with Crippen molar-refractivity contribution in [3.63, 3.8) is 0 Å². The number of amidine groups is 1. The van der Waals surface area contributed by atoms with Gasteiger partial charge in [-0.25, -0.2) is 8.42 Å². The van der Waals surface area contributed by atoms with Crippen molar-refractivity contribution in [2.75, 3.05) is 18.5 Å². The molecule has 28 heavy (non-hydrogen) atoms. The van der Waals surface area contributed by atoms with E-state index in [1.54, 1.807) is 6.07 Å². The molecule has 0 heterocycles. The molecule has 1 rings (SSSR count). The highest BCUT2D eigenvalue weighted by molar-refractivity contribution is 7.89. The molecule has 0 saturated carbocycles. The van der Waals surface area contributed by atoms with E-state index in [-0.39, 0.29) is 26.3 Å². The van der Waals surface area contributed by atoms with Crippen molar-refractivity contribution in [1.82, 2.24) is 4.31 Å². The first-order valence-electron chi connectivity index (χ1n) is 8.76. The molecule has 11 heteroatoms. The van der Waals surface area contributed by atoms with Gasteiger partial charge in [-0.1, -0.05) is 49.9 Å². The second kappa shape index (κ2) is 11.2. The fraction of sp³-hybridized carbons (Fsp3) is 0.471. The maximum absolute atomic E-state index is 13.1. The average Bonchev–Trinajstić information content (AvgIpc) is 2.64. The molecule has 0 radical (unpaired) electrons. The van der Waals surface area contributed by atoms with Crippen LogP contribution in [0.15, 0.2) is 22.1 Å². The molecule has 0 aromatic heterocycles. The number of rotatable bonds is 11. The second-order valence-corrected chi connectivity index (χ2v) is 8.69. The Bertz CT molecular complexity index is 872. The van der Waals surface area contributed by atoms with Gasteiger partial charge in [-0.05, 0) is 25.0 Å². The molecular formula is C17H24Cl2N6O2S. The Balaban J connectivity index is 3.25. The summed E-state index contributed by atoms with van der Waals surface area (Å²) in [5.41, 5.74) is 7.55. The van der Waals surface area contributed by atoms with Crippen molar-refractivity contribution in [3.8, 4) is 6.07 Å². The number of nitrogens with two attached hydrogens (primary N) is 1. The molecule has 0 saturated heterocycles. The number of sulfonamides is 1. The molecule has 154 valence electrons. The van der Waals surface area contributed by atoms with E-state index in [1.165, 1.54) is 16.4 Å². The molecule has 8 nitrogen and oxygen atoms in total. The minimum absolute atomic E-state index is 0.0265. The molecule has 4 N–H and O–H groups in total. The summed E-state index contributed by atoms with van der Waals surface area (Å²) in [6, 6.07) is 4.22. The van der Waals surface area contributed by atoms with E-state index < -0.39 is 15.9 Å². The second-order valence-electron chi connectivity index (χ2n) is 5.97. The minimum atomic E-state index is -3.82. The van der Waals surface area contributed by atoms with Crippen LogP contribution < -0.4 is 11.2 Å². The van der Waals surface area contributed by atoms with Crippen LogP contribution in [0.4, 0.5) is 5.69 Å². The van der Waals surface area contributed by atoms with Gasteiger partial charge in [0.15, 0.2) is 5.84 Å². The van der Waals surface area contributed by atoms with Crippen LogP contribution in [-0.4, -0.2) is 37.4 Å². The summed E-state index contributed by atoms with van der Waals surface area (Å²) in [6.07, 6.45) is 3.21. The fourth-order valence-corrected chi connectivity index (χ4v) is 4.55. The molecule has 0 aliphatic heterocycles. The highest BCUT2D eigenvalue weighted by Gasteiger charge is 2.27. The Labute approximate surface area is 175 Å². The molecule has 0 spiro atoms. The third-order valence-electron chi connectivity index (χ3n) is 3.81. The number of benzene rings is 1. The molecule has 1 aromatic rings. The van der Waals surface area contributed by atoms with E-state index in [1.807, 2.05) is 13.8 Å². The van der Waals surface area contributed by atoms with Gasteiger partial charge in [0.2, 0.25) is 15.7 Å². The molecule has 0 fully saturated rings. The fourth-order valence-electron chi connectivity index (χ4n) is 2.23. The monoisotopic (exact) mass is 446 g/mol. The van der Waals surface area contributed by atoms with Gasteiger partial charge in [-0.3, -0.25) is 10.8 Å². The molecule has 0 aliphatic carbocycles. The molecule has 0 unspecified atom stereocenters. The van der Waals surface area contributed by atoms with Gasteiger partial charge in [0.1, 0.15) is 11.0 Å². The lowest BCUT2D eigenvalue weighted by atomic mass is 10.3. The van der Waals surface area contributed by atoms with Crippen LogP contribution in [0.1, 0.15) is 39.5 Å². The predicted octanol–water partition coefficient (Wildman–Crippen LogP) is 3.81. The van der Waals surface area contributed by atoms with E-state index >= 15 is 0 Å². The number of nitriles is 1. The highest BCUT2D eigenvalue weighted by Crippen LogP contribution is 2.33. The molecule has 0 atom stereocenters. The van der Waals surface area contributed by atoms with Crippen LogP contribution in [0.25, 0.3) is 0 Å². The Morgan fingerprint density at radius 2 is 1.82 bits per heavy atom. The highest BCUT2D eigenvalue weighted by atomic mass is 35.5. The SMILES string of the molecule is CCCCN(CCCC)S(=O)(=O)c1cc(Cl)c(N/N=C(\C#N)C(=N)N)cc1Cl. The van der Waals surface area contributed by atoms with Crippen molar-refractivity contribution >= 4 is 50.5 Å². The number of anilines is 1. The molecular weight excluding hydrogens is 423 g/mol. The number of hydrogen-bond donors (Lipinski definition) is 3. The van der Waals surface area contributed by atoms with E-state index in [0.717, 1.165) is 25.7 Å². The van der Waals surface area contributed by atoms with E-state index in [4.69, 9.17) is 39.6 Å². The lowest BCUT2D eigenvalue weighted by Crippen LogP contribution is -2.33. The Hall–Kier alpha value is -1.86. The van der Waals surface area contributed by atoms with Gasteiger partial charge in [0, 0.05) is 13.1 Å². The number of nitrogens with one attached hydrogen (secondary N) is 2. The van der Waals surface area contributed by atoms with Crippen molar-refractivity contribution in [2.24, 2.45) is 10.8 Å². The number of hydrogen-bond acceptors (Lipinski definition) is 6. The first-order valence-corrected chi connectivity index (χ1v) is 11.0. The summed E-state index contributed by atoms with van der Waals surface area (Å²) in [4.78, 5) is -0.0898. The number of nitrogens with zero attached hydrogens (tertiary/aromatic N) is 3. The number of halogens is 2. The average molecular weight is 447 g/mol. The third kappa shape index (κ3) is 6.34. The van der Waals surface area contributed by atoms with Crippen molar-refractivity contribution in [3.05, 3.63) is 22.2 Å². The largest absolute Gasteiger partial charge is 0.382 e. The standard InChI is InChI=1S/C17H24Cl2N6O2S/c1-3-5-7-25(8-6-4-2)28(26,27)16-10-12(18)14(9-13(16)19)23-24-15(11-20)17(21)22/h9-10,23H,3-8H2,1-2H3,(H3,21,22)/b24-15+. The van der Waals surface area contributed by atoms with Gasteiger partial charge < -0.3 is 5.73 Å². The summed E-state index contributed by atoms with van der Waals surface area (Å²) >= 11 is 12.4. The normalized spacial score (nSPS) is 12.1. The van der Waals surface area contributed by atoms with Gasteiger partial charge in [-0.15, -0.1) is 0 Å². The van der Waals surface area contributed by atoms with Crippen LogP contribution in [-0.2, 0) is 10.0 Å². The quantitative estimate of drug-likeness (QED) is 0.269. The van der Waals surface area contributed by atoms with Crippen LogP contribution in [0.5, 0.6) is 0 Å². The summed E-state index contributed by atoms with van der Waals surface area (Å²) in [7, 11) is -3.82. The first-order chi connectivity index (χ1) is 13.2. The lowest BCUT2D eigenvalue weighted by Gasteiger charge is -2.23. The molecule has 0 amide bonds. The van der Waals surface area contributed by atoms with Crippen LogP contribution in [0, 0.1) is 16.7 Å². The number of hydrazone groups is 1. The lowest BCUT2D eigenvalue weighted by molar-refractivity contribution is 0.395. The van der Waals surface area contributed by atoms with Gasteiger partial charge in [0.25, 0.3) is 0 Å². The van der Waals surface area contributed by atoms with Gasteiger partial charge in [-0.2, -0.15) is 14.7 Å². The molecule has 1 aromatic carbocycles. The Morgan fingerprint density at radius 1 is 1.25 bits per heavy atom. The van der Waals surface area contributed by atoms with Crippen molar-refractivity contribution < 1.29 is 8.42 Å². The third-order valence-corrected chi connectivity index (χ3v) is 6.49. The maximum atomic E-state index is 13.1. The van der Waals surface area contributed by atoms with Crippen molar-refractivity contribution in [1.29, 1.82) is 10.7 Å². The van der Waals surface area contributed by atoms with Crippen LogP contribution in [0.3, 0.4) is 0 Å². The molecule has 0 bridgehead atoms. The Morgan fingerprint density at radius 3 is 2.29 bits per heavy atom. The zero-order valence-corrected chi connectivity index (χ0v) is 18.1. The maximum Gasteiger partial charge on any atom is 0.244 e. The van der Waals surface area contributed by atoms with E-state index in [2.05, 4.69) is 10.5 Å². The summed E-state index contributed by atoms with van der Waals surface area (Å²) < 4.78 is 27.6. The zero-order valence-electron chi connectivity index (χ0n) is 15.8. The smallest absolute Gasteiger partial charge is 0.244 e. The van der Waals surface area contributed by atoms with Crippen LogP contribution in [0.2, 0.25) is 10.0 Å². The predicted molar refractivity (Wildman–Crippen MR) is 114 cm³/mol. The minimum Gasteiger partial charge on any atom is -0.382 e. The molecule has 0 aliphatic rings. The first kappa shape index (κ1) is 24.2. The number of unbranched alkanes of at least 4 members (excludes halogenated alkanes) is 2. The van der Waals surface area contributed by atoms with Gasteiger partial charge >= 0.3 is 0 Å².